The minimum absolute atomic E-state index is 0.334. The fourth-order valence-corrected chi connectivity index (χ4v) is 2.83. The molecular weight excluding hydrogens is 264 g/mol. The van der Waals surface area contributed by atoms with Crippen LogP contribution >= 0.6 is 0 Å². The Kier molecular flexibility index (Phi) is 4.76. The summed E-state index contributed by atoms with van der Waals surface area (Å²) >= 11 is 0. The smallest absolute Gasteiger partial charge is 0.137 e. The predicted molar refractivity (Wildman–Crippen MR) is 82.7 cm³/mol. The molecule has 2 aliphatic rings. The topological polar surface area (TPSA) is 43.4 Å². The van der Waals surface area contributed by atoms with Crippen LogP contribution in [0.15, 0.2) is 18.5 Å². The summed E-state index contributed by atoms with van der Waals surface area (Å²) in [5.74, 6) is 2.32. The maximum Gasteiger partial charge on any atom is 0.137 e. The van der Waals surface area contributed by atoms with Crippen LogP contribution in [0.3, 0.4) is 0 Å². The number of ether oxygens (including phenoxy) is 2. The Labute approximate surface area is 127 Å². The molecule has 0 unspecified atom stereocenters. The zero-order valence-electron chi connectivity index (χ0n) is 13.0. The van der Waals surface area contributed by atoms with E-state index in [1.165, 1.54) is 18.4 Å². The summed E-state index contributed by atoms with van der Waals surface area (Å²) < 4.78 is 11.5. The third-order valence-electron chi connectivity index (χ3n) is 4.40. The highest BCUT2D eigenvalue weighted by Gasteiger charge is 2.38. The molecule has 21 heavy (non-hydrogen) atoms. The molecule has 0 radical (unpaired) electrons. The van der Waals surface area contributed by atoms with Crippen LogP contribution in [0.5, 0.6) is 5.75 Å². The number of nitrogens with zero attached hydrogens (tertiary/aromatic N) is 1. The maximum atomic E-state index is 5.83. The molecule has 1 aliphatic heterocycles. The summed E-state index contributed by atoms with van der Waals surface area (Å²) in [6.07, 6.45) is 7.77. The van der Waals surface area contributed by atoms with Gasteiger partial charge in [0.25, 0.3) is 0 Å². The molecule has 1 aliphatic carbocycles. The van der Waals surface area contributed by atoms with Crippen LogP contribution in [-0.4, -0.2) is 36.9 Å². The van der Waals surface area contributed by atoms with E-state index in [2.05, 4.69) is 30.2 Å². The van der Waals surface area contributed by atoms with Crippen molar-refractivity contribution < 1.29 is 9.47 Å². The summed E-state index contributed by atoms with van der Waals surface area (Å²) in [5, 5.41) is 3.35. The van der Waals surface area contributed by atoms with Gasteiger partial charge in [-0.25, -0.2) is 0 Å². The van der Waals surface area contributed by atoms with Crippen molar-refractivity contribution in [2.75, 3.05) is 19.8 Å². The number of hydrogen-bond acceptors (Lipinski definition) is 4. The number of aromatic nitrogens is 1. The van der Waals surface area contributed by atoms with Crippen LogP contribution in [-0.2, 0) is 4.74 Å². The first-order chi connectivity index (χ1) is 10.2. The second kappa shape index (κ2) is 6.75. The van der Waals surface area contributed by atoms with Gasteiger partial charge in [0.15, 0.2) is 0 Å². The second-order valence-corrected chi connectivity index (χ2v) is 6.52. The zero-order chi connectivity index (χ0) is 14.7. The molecule has 3 atom stereocenters. The summed E-state index contributed by atoms with van der Waals surface area (Å²) in [6, 6.07) is 2.69. The highest BCUT2D eigenvalue weighted by molar-refractivity contribution is 5.30. The van der Waals surface area contributed by atoms with Crippen molar-refractivity contribution in [3.8, 4) is 5.75 Å². The monoisotopic (exact) mass is 290 g/mol. The van der Waals surface area contributed by atoms with E-state index in [1.807, 2.05) is 12.4 Å². The summed E-state index contributed by atoms with van der Waals surface area (Å²) in [6.45, 7) is 6.92. The molecule has 0 spiro atoms. The Bertz CT molecular complexity index is 460. The van der Waals surface area contributed by atoms with E-state index in [-0.39, 0.29) is 0 Å². The Morgan fingerprint density at radius 2 is 2.24 bits per heavy atom. The first-order valence-electron chi connectivity index (χ1n) is 8.15. The van der Waals surface area contributed by atoms with Crippen LogP contribution in [0.25, 0.3) is 0 Å². The molecule has 4 heteroatoms. The first-order valence-corrected chi connectivity index (χ1v) is 8.15. The van der Waals surface area contributed by atoms with E-state index < -0.39 is 0 Å². The molecule has 116 valence electrons. The number of hydrogen-bond donors (Lipinski definition) is 1. The Balaban J connectivity index is 1.45. The normalized spacial score (nSPS) is 27.5. The number of nitrogens with one attached hydrogen (secondary N) is 1. The molecule has 1 aromatic heterocycles. The Morgan fingerprint density at radius 3 is 2.95 bits per heavy atom. The van der Waals surface area contributed by atoms with Crippen molar-refractivity contribution in [3.63, 3.8) is 0 Å². The minimum atomic E-state index is 0.334. The Hall–Kier alpha value is -1.13. The highest BCUT2D eigenvalue weighted by Crippen LogP contribution is 2.49. The van der Waals surface area contributed by atoms with Gasteiger partial charge in [-0.1, -0.05) is 0 Å². The van der Waals surface area contributed by atoms with E-state index in [0.29, 0.717) is 18.1 Å². The van der Waals surface area contributed by atoms with Crippen molar-refractivity contribution in [2.45, 2.75) is 51.2 Å². The largest absolute Gasteiger partial charge is 0.490 e. The van der Waals surface area contributed by atoms with Crippen LogP contribution in [0.2, 0.25) is 0 Å². The van der Waals surface area contributed by atoms with Crippen LogP contribution in [0.4, 0.5) is 0 Å². The molecule has 0 amide bonds. The lowest BCUT2D eigenvalue weighted by molar-refractivity contribution is 0.0740. The third kappa shape index (κ3) is 4.17. The lowest BCUT2D eigenvalue weighted by Gasteiger charge is -2.27. The standard InChI is InChI=1S/C17H26N2O2/c1-12(2)20-6-4-13-8-17(13)14-7-16(10-18-9-14)21-11-15-3-5-19-15/h7,9-10,12-13,15,17,19H,3-6,8,11H2,1-2H3/t13-,15+,17+/m1/s1. The van der Waals surface area contributed by atoms with Gasteiger partial charge in [-0.15, -0.1) is 0 Å². The average molecular weight is 290 g/mol. The minimum Gasteiger partial charge on any atom is -0.490 e. The molecule has 1 saturated carbocycles. The molecule has 0 bridgehead atoms. The third-order valence-corrected chi connectivity index (χ3v) is 4.40. The van der Waals surface area contributed by atoms with Crippen LogP contribution in [0, 0.1) is 5.92 Å². The quantitative estimate of drug-likeness (QED) is 0.799. The van der Waals surface area contributed by atoms with Gasteiger partial charge in [0.1, 0.15) is 12.4 Å². The lowest BCUT2D eigenvalue weighted by atomic mass is 10.1. The Morgan fingerprint density at radius 1 is 1.38 bits per heavy atom. The molecule has 2 heterocycles. The van der Waals surface area contributed by atoms with Crippen molar-refractivity contribution in [1.29, 1.82) is 0 Å². The van der Waals surface area contributed by atoms with E-state index in [9.17, 15) is 0 Å². The van der Waals surface area contributed by atoms with Gasteiger partial charge >= 0.3 is 0 Å². The highest BCUT2D eigenvalue weighted by atomic mass is 16.5. The molecule has 4 nitrogen and oxygen atoms in total. The zero-order valence-corrected chi connectivity index (χ0v) is 13.0. The van der Waals surface area contributed by atoms with Gasteiger partial charge in [-0.3, -0.25) is 4.98 Å². The molecule has 1 aromatic rings. The average Bonchev–Trinajstić information content (AvgIpc) is 3.16. The van der Waals surface area contributed by atoms with E-state index >= 15 is 0 Å². The number of rotatable bonds is 8. The van der Waals surface area contributed by atoms with Gasteiger partial charge in [0.05, 0.1) is 12.3 Å². The molecule has 1 N–H and O–H groups in total. The maximum absolute atomic E-state index is 5.83. The lowest BCUT2D eigenvalue weighted by Crippen LogP contribution is -2.46. The van der Waals surface area contributed by atoms with Gasteiger partial charge < -0.3 is 14.8 Å². The van der Waals surface area contributed by atoms with Gasteiger partial charge in [0.2, 0.25) is 0 Å². The van der Waals surface area contributed by atoms with Gasteiger partial charge in [-0.2, -0.15) is 0 Å². The molecule has 2 fully saturated rings. The summed E-state index contributed by atoms with van der Waals surface area (Å²) in [5.41, 5.74) is 1.32. The summed E-state index contributed by atoms with van der Waals surface area (Å²) in [4.78, 5) is 4.33. The molecular formula is C17H26N2O2. The van der Waals surface area contributed by atoms with Crippen molar-refractivity contribution in [3.05, 3.63) is 24.0 Å². The van der Waals surface area contributed by atoms with Crippen LogP contribution < -0.4 is 10.1 Å². The van der Waals surface area contributed by atoms with Crippen LogP contribution in [0.1, 0.15) is 44.6 Å². The first kappa shape index (κ1) is 14.8. The van der Waals surface area contributed by atoms with Gasteiger partial charge in [0, 0.05) is 18.8 Å². The fraction of sp³-hybridized carbons (Fsp3) is 0.706. The second-order valence-electron chi connectivity index (χ2n) is 6.52. The SMILES string of the molecule is CC(C)OCC[C@@H]1C[C@@H]1c1cncc(OC[C@@H]2CCN2)c1. The van der Waals surface area contributed by atoms with Crippen molar-refractivity contribution >= 4 is 0 Å². The predicted octanol–water partition coefficient (Wildman–Crippen LogP) is 2.74. The number of pyridine rings is 1. The van der Waals surface area contributed by atoms with E-state index in [0.717, 1.165) is 37.8 Å². The van der Waals surface area contributed by atoms with Crippen molar-refractivity contribution in [2.24, 2.45) is 5.92 Å². The van der Waals surface area contributed by atoms with E-state index in [4.69, 9.17) is 9.47 Å². The fourth-order valence-electron chi connectivity index (χ4n) is 2.83. The molecule has 0 aromatic carbocycles. The molecule has 1 saturated heterocycles. The summed E-state index contributed by atoms with van der Waals surface area (Å²) in [7, 11) is 0. The molecule has 3 rings (SSSR count). The van der Waals surface area contributed by atoms with Gasteiger partial charge in [-0.05, 0) is 63.1 Å². The van der Waals surface area contributed by atoms with Crippen molar-refractivity contribution in [1.82, 2.24) is 10.3 Å². The van der Waals surface area contributed by atoms with E-state index in [1.54, 1.807) is 0 Å².